The van der Waals surface area contributed by atoms with Crippen LogP contribution in [0, 0.1) is 6.92 Å². The van der Waals surface area contributed by atoms with Gasteiger partial charge in [0.2, 0.25) is 11.0 Å². The SMILES string of the molecule is CCOC(=O)Cn1c(O)c(N=NC(=S)Nc2ccc(C)cc2)c2ccccc21. The number of anilines is 1. The van der Waals surface area contributed by atoms with E-state index in [1.54, 1.807) is 19.1 Å². The quantitative estimate of drug-likeness (QED) is 0.371. The van der Waals surface area contributed by atoms with Crippen LogP contribution in [0.1, 0.15) is 12.5 Å². The third-order valence-electron chi connectivity index (χ3n) is 4.05. The van der Waals surface area contributed by atoms with Crippen molar-refractivity contribution >= 4 is 45.6 Å². The molecule has 0 unspecified atom stereocenters. The summed E-state index contributed by atoms with van der Waals surface area (Å²) in [6.07, 6.45) is 0. The maximum Gasteiger partial charge on any atom is 0.326 e. The first-order chi connectivity index (χ1) is 13.5. The van der Waals surface area contributed by atoms with Crippen molar-refractivity contribution in [3.05, 3.63) is 54.1 Å². The van der Waals surface area contributed by atoms with Crippen molar-refractivity contribution in [2.45, 2.75) is 20.4 Å². The standard InChI is InChI=1S/C20H20N4O3S/c1-3-27-17(25)12-24-16-7-5-4-6-15(16)18(19(24)26)22-23-20(28)21-14-10-8-13(2)9-11-14/h4-11,26H,3,12H2,1-2H3,(H,21,28). The summed E-state index contributed by atoms with van der Waals surface area (Å²) < 4.78 is 6.42. The molecule has 144 valence electrons. The van der Waals surface area contributed by atoms with Crippen molar-refractivity contribution in [2.75, 3.05) is 11.9 Å². The lowest BCUT2D eigenvalue weighted by molar-refractivity contribution is -0.143. The topological polar surface area (TPSA) is 88.2 Å². The van der Waals surface area contributed by atoms with Gasteiger partial charge < -0.3 is 15.2 Å². The maximum atomic E-state index is 11.9. The molecule has 1 heterocycles. The van der Waals surface area contributed by atoms with E-state index >= 15 is 0 Å². The number of para-hydroxylation sites is 1. The van der Waals surface area contributed by atoms with Gasteiger partial charge in [0.05, 0.1) is 12.1 Å². The van der Waals surface area contributed by atoms with E-state index < -0.39 is 5.97 Å². The van der Waals surface area contributed by atoms with Crippen LogP contribution in [0.2, 0.25) is 0 Å². The van der Waals surface area contributed by atoms with Gasteiger partial charge in [0.15, 0.2) is 5.69 Å². The number of nitrogens with one attached hydrogen (secondary N) is 1. The third kappa shape index (κ3) is 4.34. The van der Waals surface area contributed by atoms with Crippen LogP contribution in [0.15, 0.2) is 58.8 Å². The largest absolute Gasteiger partial charge is 0.493 e. The normalized spacial score (nSPS) is 11.1. The minimum absolute atomic E-state index is 0.123. The zero-order valence-corrected chi connectivity index (χ0v) is 16.4. The van der Waals surface area contributed by atoms with Gasteiger partial charge in [0, 0.05) is 11.1 Å². The second-order valence-corrected chi connectivity index (χ2v) is 6.46. The second kappa shape index (κ2) is 8.62. The molecule has 0 amide bonds. The Morgan fingerprint density at radius 3 is 2.64 bits per heavy atom. The summed E-state index contributed by atoms with van der Waals surface area (Å²) in [4.78, 5) is 11.9. The zero-order valence-electron chi connectivity index (χ0n) is 15.5. The Balaban J connectivity index is 1.86. The number of carbonyl (C=O) groups excluding carboxylic acids is 1. The van der Waals surface area contributed by atoms with Crippen molar-refractivity contribution < 1.29 is 14.6 Å². The number of azo groups is 1. The summed E-state index contributed by atoms with van der Waals surface area (Å²) in [5.41, 5.74) is 2.83. The Bertz CT molecular complexity index is 1040. The Kier molecular flexibility index (Phi) is 6.00. The minimum Gasteiger partial charge on any atom is -0.493 e. The number of aryl methyl sites for hydroxylation is 1. The Hall–Kier alpha value is -3.26. The fourth-order valence-corrected chi connectivity index (χ4v) is 2.91. The molecule has 3 aromatic rings. The van der Waals surface area contributed by atoms with Gasteiger partial charge in [-0.05, 0) is 44.3 Å². The third-order valence-corrected chi connectivity index (χ3v) is 4.24. The van der Waals surface area contributed by atoms with E-state index in [1.807, 2.05) is 43.3 Å². The molecule has 0 spiro atoms. The molecule has 0 aliphatic carbocycles. The van der Waals surface area contributed by atoms with Gasteiger partial charge in [0.1, 0.15) is 6.54 Å². The minimum atomic E-state index is -0.446. The molecule has 0 saturated heterocycles. The van der Waals surface area contributed by atoms with Gasteiger partial charge in [-0.25, -0.2) is 0 Å². The highest BCUT2D eigenvalue weighted by molar-refractivity contribution is 7.80. The molecular formula is C20H20N4O3S. The van der Waals surface area contributed by atoms with Gasteiger partial charge in [-0.2, -0.15) is 0 Å². The summed E-state index contributed by atoms with van der Waals surface area (Å²) in [6.45, 7) is 3.87. The van der Waals surface area contributed by atoms with Crippen LogP contribution in [0.4, 0.5) is 11.4 Å². The Morgan fingerprint density at radius 1 is 1.21 bits per heavy atom. The fraction of sp³-hybridized carbons (Fsp3) is 0.200. The first-order valence-electron chi connectivity index (χ1n) is 8.74. The first kappa shape index (κ1) is 19.5. The number of nitrogens with zero attached hydrogens (tertiary/aromatic N) is 3. The van der Waals surface area contributed by atoms with Crippen molar-refractivity contribution in [3.63, 3.8) is 0 Å². The number of thiocarbonyl (C=S) groups is 1. The first-order valence-corrected chi connectivity index (χ1v) is 9.15. The van der Waals surface area contributed by atoms with Crippen molar-refractivity contribution in [2.24, 2.45) is 10.2 Å². The number of aromatic hydroxyl groups is 1. The monoisotopic (exact) mass is 396 g/mol. The van der Waals surface area contributed by atoms with E-state index in [1.165, 1.54) is 4.57 Å². The molecule has 28 heavy (non-hydrogen) atoms. The van der Waals surface area contributed by atoms with Crippen LogP contribution in [-0.4, -0.2) is 27.4 Å². The number of ether oxygens (including phenoxy) is 1. The molecule has 0 fully saturated rings. The lowest BCUT2D eigenvalue weighted by Crippen LogP contribution is -2.12. The highest BCUT2D eigenvalue weighted by Gasteiger charge is 2.18. The molecule has 3 rings (SSSR count). The summed E-state index contributed by atoms with van der Waals surface area (Å²) in [6, 6.07) is 14.9. The van der Waals surface area contributed by atoms with E-state index in [0.29, 0.717) is 10.9 Å². The van der Waals surface area contributed by atoms with Crippen molar-refractivity contribution in [1.82, 2.24) is 4.57 Å². The van der Waals surface area contributed by atoms with Gasteiger partial charge in [-0.3, -0.25) is 9.36 Å². The zero-order chi connectivity index (χ0) is 20.1. The van der Waals surface area contributed by atoms with Crippen molar-refractivity contribution in [1.29, 1.82) is 0 Å². The van der Waals surface area contributed by atoms with E-state index in [-0.39, 0.29) is 29.8 Å². The predicted octanol–water partition coefficient (Wildman–Crippen LogP) is 4.70. The number of hydrogen-bond donors (Lipinski definition) is 2. The number of rotatable bonds is 5. The fourth-order valence-electron chi connectivity index (χ4n) is 2.75. The van der Waals surface area contributed by atoms with Gasteiger partial charge >= 0.3 is 5.97 Å². The smallest absolute Gasteiger partial charge is 0.326 e. The van der Waals surface area contributed by atoms with Crippen LogP contribution in [0.3, 0.4) is 0 Å². The van der Waals surface area contributed by atoms with Crippen LogP contribution in [-0.2, 0) is 16.1 Å². The number of benzene rings is 2. The predicted molar refractivity (Wildman–Crippen MR) is 112 cm³/mol. The molecular weight excluding hydrogens is 376 g/mol. The number of carbonyl (C=O) groups is 1. The lowest BCUT2D eigenvalue weighted by Gasteiger charge is -2.06. The lowest BCUT2D eigenvalue weighted by atomic mass is 10.2. The molecule has 0 aliphatic rings. The van der Waals surface area contributed by atoms with E-state index in [2.05, 4.69) is 15.5 Å². The number of esters is 1. The molecule has 2 aromatic carbocycles. The highest BCUT2D eigenvalue weighted by atomic mass is 32.1. The molecule has 2 N–H and O–H groups in total. The summed E-state index contributed by atoms with van der Waals surface area (Å²) >= 11 is 5.21. The van der Waals surface area contributed by atoms with Crippen LogP contribution in [0.25, 0.3) is 10.9 Å². The van der Waals surface area contributed by atoms with Gasteiger partial charge in [-0.15, -0.1) is 10.2 Å². The van der Waals surface area contributed by atoms with Crippen LogP contribution >= 0.6 is 12.2 Å². The van der Waals surface area contributed by atoms with Crippen molar-refractivity contribution in [3.8, 4) is 5.88 Å². The molecule has 0 aliphatic heterocycles. The summed E-state index contributed by atoms with van der Waals surface area (Å²) in [5.74, 6) is -0.616. The average molecular weight is 396 g/mol. The summed E-state index contributed by atoms with van der Waals surface area (Å²) in [7, 11) is 0. The molecule has 0 saturated carbocycles. The molecule has 0 bridgehead atoms. The number of fused-ring (bicyclic) bond motifs is 1. The number of aromatic nitrogens is 1. The summed E-state index contributed by atoms with van der Waals surface area (Å²) in [5, 5.41) is 22.5. The second-order valence-electron chi connectivity index (χ2n) is 6.08. The van der Waals surface area contributed by atoms with E-state index in [0.717, 1.165) is 11.3 Å². The Labute approximate surface area is 167 Å². The average Bonchev–Trinajstić information content (AvgIpc) is 2.94. The number of hydrogen-bond acceptors (Lipinski definition) is 5. The molecule has 0 atom stereocenters. The maximum absolute atomic E-state index is 11.9. The molecule has 8 heteroatoms. The van der Waals surface area contributed by atoms with Gasteiger partial charge in [0.25, 0.3) is 0 Å². The van der Waals surface area contributed by atoms with Gasteiger partial charge in [-0.1, -0.05) is 35.9 Å². The van der Waals surface area contributed by atoms with Crippen LogP contribution in [0.5, 0.6) is 5.88 Å². The molecule has 0 radical (unpaired) electrons. The molecule has 7 nitrogen and oxygen atoms in total. The molecule has 1 aromatic heterocycles. The van der Waals surface area contributed by atoms with Crippen LogP contribution < -0.4 is 5.32 Å². The highest BCUT2D eigenvalue weighted by Crippen LogP contribution is 2.38. The van der Waals surface area contributed by atoms with E-state index in [9.17, 15) is 9.90 Å². The Morgan fingerprint density at radius 2 is 1.93 bits per heavy atom. The van der Waals surface area contributed by atoms with E-state index in [4.69, 9.17) is 17.0 Å².